The third-order valence-corrected chi connectivity index (χ3v) is 3.35. The molecule has 0 unspecified atom stereocenters. The summed E-state index contributed by atoms with van der Waals surface area (Å²) in [6.07, 6.45) is 0. The number of carboxylic acids is 1. The van der Waals surface area contributed by atoms with E-state index in [9.17, 15) is 9.18 Å². The third kappa shape index (κ3) is 3.24. The molecule has 2 rings (SSSR count). The summed E-state index contributed by atoms with van der Waals surface area (Å²) in [7, 11) is 0. The molecule has 0 atom stereocenters. The number of carbonyl (C=O) groups is 1. The summed E-state index contributed by atoms with van der Waals surface area (Å²) >= 11 is 8.86. The highest BCUT2D eigenvalue weighted by Gasteiger charge is 2.09. The lowest BCUT2D eigenvalue weighted by Crippen LogP contribution is -1.98. The van der Waals surface area contributed by atoms with E-state index in [1.165, 1.54) is 18.2 Å². The van der Waals surface area contributed by atoms with Crippen LogP contribution in [-0.4, -0.2) is 11.1 Å². The first kappa shape index (κ1) is 13.8. The summed E-state index contributed by atoms with van der Waals surface area (Å²) in [6, 6.07) is 8.97. The van der Waals surface area contributed by atoms with Gasteiger partial charge in [-0.1, -0.05) is 11.6 Å². The van der Waals surface area contributed by atoms with Crippen LogP contribution >= 0.6 is 27.5 Å². The number of nitrogens with one attached hydrogen (secondary N) is 1. The Morgan fingerprint density at radius 3 is 2.42 bits per heavy atom. The van der Waals surface area contributed by atoms with Gasteiger partial charge in [0.05, 0.1) is 10.6 Å². The topological polar surface area (TPSA) is 49.3 Å². The predicted molar refractivity (Wildman–Crippen MR) is 75.8 cm³/mol. The molecule has 0 aliphatic heterocycles. The summed E-state index contributed by atoms with van der Waals surface area (Å²) in [5, 5.41) is 11.9. The van der Waals surface area contributed by atoms with Crippen molar-refractivity contribution in [3.63, 3.8) is 0 Å². The van der Waals surface area contributed by atoms with Crippen molar-refractivity contribution in [2.45, 2.75) is 0 Å². The van der Waals surface area contributed by atoms with Gasteiger partial charge in [-0.25, -0.2) is 9.18 Å². The van der Waals surface area contributed by atoms with Crippen molar-refractivity contribution in [3.05, 3.63) is 57.3 Å². The van der Waals surface area contributed by atoms with Crippen molar-refractivity contribution >= 4 is 44.9 Å². The molecule has 19 heavy (non-hydrogen) atoms. The molecule has 0 fully saturated rings. The Morgan fingerprint density at radius 1 is 1.21 bits per heavy atom. The van der Waals surface area contributed by atoms with Crippen molar-refractivity contribution in [2.75, 3.05) is 5.32 Å². The Hall–Kier alpha value is -1.59. The highest BCUT2D eigenvalue weighted by atomic mass is 79.9. The second-order valence-corrected chi connectivity index (χ2v) is 5.02. The molecule has 0 spiro atoms. The molecule has 3 nitrogen and oxygen atoms in total. The number of anilines is 2. The Morgan fingerprint density at radius 2 is 1.84 bits per heavy atom. The number of hydrogen-bond acceptors (Lipinski definition) is 2. The predicted octanol–water partition coefficient (Wildman–Crippen LogP) is 4.68. The molecule has 0 aliphatic rings. The lowest BCUT2D eigenvalue weighted by Gasteiger charge is -2.08. The van der Waals surface area contributed by atoms with E-state index in [0.29, 0.717) is 15.8 Å². The molecule has 0 saturated heterocycles. The first-order valence-corrected chi connectivity index (χ1v) is 6.39. The quantitative estimate of drug-likeness (QED) is 0.849. The Balaban J connectivity index is 2.26. The van der Waals surface area contributed by atoms with Crippen LogP contribution in [0, 0.1) is 5.82 Å². The molecule has 98 valence electrons. The number of carboxylic acid groups (broad SMARTS) is 1. The average molecular weight is 345 g/mol. The lowest BCUT2D eigenvalue weighted by molar-refractivity contribution is 0.0696. The fourth-order valence-corrected chi connectivity index (χ4v) is 2.24. The van der Waals surface area contributed by atoms with Gasteiger partial charge in [0, 0.05) is 15.8 Å². The van der Waals surface area contributed by atoms with E-state index in [2.05, 4.69) is 21.2 Å². The van der Waals surface area contributed by atoms with Crippen LogP contribution in [-0.2, 0) is 0 Å². The van der Waals surface area contributed by atoms with Crippen LogP contribution in [0.2, 0.25) is 5.02 Å². The maximum atomic E-state index is 13.0. The first-order valence-electron chi connectivity index (χ1n) is 5.22. The van der Waals surface area contributed by atoms with E-state index in [0.717, 1.165) is 0 Å². The van der Waals surface area contributed by atoms with E-state index in [-0.39, 0.29) is 10.6 Å². The van der Waals surface area contributed by atoms with Gasteiger partial charge in [-0.2, -0.15) is 0 Å². The monoisotopic (exact) mass is 343 g/mol. The van der Waals surface area contributed by atoms with Crippen molar-refractivity contribution in [1.82, 2.24) is 0 Å². The van der Waals surface area contributed by atoms with Gasteiger partial charge in [-0.05, 0) is 52.3 Å². The Kier molecular flexibility index (Phi) is 4.07. The molecule has 2 aromatic carbocycles. The van der Waals surface area contributed by atoms with Gasteiger partial charge in [0.2, 0.25) is 0 Å². The van der Waals surface area contributed by atoms with E-state index in [1.54, 1.807) is 18.2 Å². The molecule has 0 aromatic heterocycles. The van der Waals surface area contributed by atoms with Gasteiger partial charge in [-0.15, -0.1) is 0 Å². The molecular weight excluding hydrogens is 337 g/mol. The first-order chi connectivity index (χ1) is 8.97. The van der Waals surface area contributed by atoms with Crippen molar-refractivity contribution < 1.29 is 14.3 Å². The number of hydrogen-bond donors (Lipinski definition) is 2. The SMILES string of the molecule is O=C(O)c1ccc(Nc2ccc(F)c(Cl)c2)cc1Br. The Bertz CT molecular complexity index is 649. The summed E-state index contributed by atoms with van der Waals surface area (Å²) < 4.78 is 13.5. The number of benzene rings is 2. The van der Waals surface area contributed by atoms with Crippen molar-refractivity contribution in [1.29, 1.82) is 0 Å². The maximum absolute atomic E-state index is 13.0. The summed E-state index contributed by atoms with van der Waals surface area (Å²) in [4.78, 5) is 10.9. The second kappa shape index (κ2) is 5.59. The minimum absolute atomic E-state index is 0.0196. The molecule has 0 saturated carbocycles. The maximum Gasteiger partial charge on any atom is 0.336 e. The number of aromatic carboxylic acids is 1. The molecule has 6 heteroatoms. The average Bonchev–Trinajstić information content (AvgIpc) is 2.33. The van der Waals surface area contributed by atoms with E-state index >= 15 is 0 Å². The minimum atomic E-state index is -1.01. The van der Waals surface area contributed by atoms with Crippen LogP contribution in [0.3, 0.4) is 0 Å². The largest absolute Gasteiger partial charge is 0.478 e. The van der Waals surface area contributed by atoms with Gasteiger partial charge < -0.3 is 10.4 Å². The standard InChI is InChI=1S/C13H8BrClFNO2/c14-10-5-7(1-3-9(10)13(18)19)17-8-2-4-12(16)11(15)6-8/h1-6,17H,(H,18,19). The van der Waals surface area contributed by atoms with Crippen LogP contribution < -0.4 is 5.32 Å². The second-order valence-electron chi connectivity index (χ2n) is 3.75. The number of rotatable bonds is 3. The van der Waals surface area contributed by atoms with Crippen LogP contribution in [0.15, 0.2) is 40.9 Å². The van der Waals surface area contributed by atoms with Gasteiger partial charge in [0.25, 0.3) is 0 Å². The molecule has 2 N–H and O–H groups in total. The summed E-state index contributed by atoms with van der Waals surface area (Å²) in [6.45, 7) is 0. The third-order valence-electron chi connectivity index (χ3n) is 2.41. The molecule has 0 aliphatic carbocycles. The van der Waals surface area contributed by atoms with Gasteiger partial charge in [0.1, 0.15) is 5.82 Å². The van der Waals surface area contributed by atoms with Crippen molar-refractivity contribution in [3.8, 4) is 0 Å². The molecule has 2 aromatic rings. The summed E-state index contributed by atoms with van der Waals surface area (Å²) in [5.41, 5.74) is 1.45. The number of halogens is 3. The van der Waals surface area contributed by atoms with E-state index in [4.69, 9.17) is 16.7 Å². The smallest absolute Gasteiger partial charge is 0.336 e. The zero-order valence-electron chi connectivity index (χ0n) is 9.45. The highest BCUT2D eigenvalue weighted by molar-refractivity contribution is 9.10. The molecule has 0 radical (unpaired) electrons. The Labute approximate surface area is 122 Å². The zero-order valence-corrected chi connectivity index (χ0v) is 11.8. The van der Waals surface area contributed by atoms with Crippen molar-refractivity contribution in [2.24, 2.45) is 0 Å². The fourth-order valence-electron chi connectivity index (χ4n) is 1.51. The highest BCUT2D eigenvalue weighted by Crippen LogP contribution is 2.26. The molecule has 0 heterocycles. The van der Waals surface area contributed by atoms with Crippen LogP contribution in [0.5, 0.6) is 0 Å². The van der Waals surface area contributed by atoms with Gasteiger partial charge in [-0.3, -0.25) is 0 Å². The minimum Gasteiger partial charge on any atom is -0.478 e. The fraction of sp³-hybridized carbons (Fsp3) is 0. The van der Waals surface area contributed by atoms with E-state index in [1.807, 2.05) is 0 Å². The molecule has 0 amide bonds. The van der Waals surface area contributed by atoms with Crippen LogP contribution in [0.1, 0.15) is 10.4 Å². The normalized spacial score (nSPS) is 10.3. The molecule has 0 bridgehead atoms. The zero-order chi connectivity index (χ0) is 14.0. The van der Waals surface area contributed by atoms with E-state index < -0.39 is 11.8 Å². The van der Waals surface area contributed by atoms with Gasteiger partial charge in [0.15, 0.2) is 0 Å². The molecular formula is C13H8BrClFNO2. The lowest BCUT2D eigenvalue weighted by atomic mass is 10.2. The summed E-state index contributed by atoms with van der Waals surface area (Å²) in [5.74, 6) is -1.50. The van der Waals surface area contributed by atoms with Gasteiger partial charge >= 0.3 is 5.97 Å². The van der Waals surface area contributed by atoms with Crippen LogP contribution in [0.25, 0.3) is 0 Å². The van der Waals surface area contributed by atoms with Crippen LogP contribution in [0.4, 0.5) is 15.8 Å².